The topological polar surface area (TPSA) is 62.3 Å². The number of likely N-dealkylation sites (N-methyl/N-ethyl adjacent to an activating group) is 2. The Balaban J connectivity index is 2.18. The van der Waals surface area contributed by atoms with Gasteiger partial charge in [0.1, 0.15) is 13.2 Å². The van der Waals surface area contributed by atoms with Crippen molar-refractivity contribution in [3.8, 4) is 0 Å². The van der Waals surface area contributed by atoms with Crippen molar-refractivity contribution in [1.82, 2.24) is 9.80 Å². The first kappa shape index (κ1) is 23.9. The molecule has 0 unspecified atom stereocenters. The van der Waals surface area contributed by atoms with Crippen LogP contribution in [0.1, 0.15) is 30.6 Å². The van der Waals surface area contributed by atoms with E-state index in [9.17, 15) is 9.59 Å². The van der Waals surface area contributed by atoms with Gasteiger partial charge in [-0.1, -0.05) is 13.8 Å². The van der Waals surface area contributed by atoms with E-state index >= 15 is 0 Å². The molecule has 0 aliphatic rings. The fourth-order valence-electron chi connectivity index (χ4n) is 2.59. The summed E-state index contributed by atoms with van der Waals surface area (Å²) in [5.74, 6) is -0.696. The molecule has 7 nitrogen and oxygen atoms in total. The van der Waals surface area contributed by atoms with Gasteiger partial charge < -0.3 is 24.2 Å². The largest absolute Gasteiger partial charge is 0.462 e. The molecule has 0 aliphatic carbocycles. The number of ether oxygens (including phenoxy) is 2. The average Bonchev–Trinajstić information content (AvgIpc) is 2.70. The monoisotopic (exact) mass is 393 g/mol. The van der Waals surface area contributed by atoms with Crippen LogP contribution in [0.5, 0.6) is 0 Å². The lowest BCUT2D eigenvalue weighted by Crippen LogP contribution is -2.34. The maximum atomic E-state index is 12.0. The second kappa shape index (κ2) is 13.1. The van der Waals surface area contributed by atoms with Gasteiger partial charge in [-0.05, 0) is 44.4 Å². The molecule has 1 aromatic rings. The fourth-order valence-corrected chi connectivity index (χ4v) is 2.59. The summed E-state index contributed by atoms with van der Waals surface area (Å²) in [7, 11) is 5.87. The zero-order valence-electron chi connectivity index (χ0n) is 17.9. The summed E-state index contributed by atoms with van der Waals surface area (Å²) in [4.78, 5) is 30.2. The summed E-state index contributed by atoms with van der Waals surface area (Å²) in [5.41, 5.74) is 1.49. The van der Waals surface area contributed by atoms with Gasteiger partial charge >= 0.3 is 11.9 Å². The van der Waals surface area contributed by atoms with Crippen molar-refractivity contribution < 1.29 is 19.1 Å². The minimum Gasteiger partial charge on any atom is -0.462 e. The Hall–Kier alpha value is -2.12. The van der Waals surface area contributed by atoms with E-state index in [0.29, 0.717) is 18.5 Å². The number of benzene rings is 1. The first-order valence-electron chi connectivity index (χ1n) is 9.88. The predicted octanol–water partition coefficient (Wildman–Crippen LogP) is 2.12. The molecule has 7 heteroatoms. The van der Waals surface area contributed by atoms with Crippen molar-refractivity contribution in [2.75, 3.05) is 72.0 Å². The van der Waals surface area contributed by atoms with Gasteiger partial charge in [0, 0.05) is 39.4 Å². The molecule has 0 atom stereocenters. The molecule has 1 rings (SSSR count). The molecule has 158 valence electrons. The highest BCUT2D eigenvalue weighted by Crippen LogP contribution is 2.12. The minimum atomic E-state index is -0.419. The van der Waals surface area contributed by atoms with Crippen LogP contribution in [0, 0.1) is 0 Å². The van der Waals surface area contributed by atoms with Crippen LogP contribution >= 0.6 is 0 Å². The Kier molecular flexibility index (Phi) is 11.2. The van der Waals surface area contributed by atoms with Gasteiger partial charge in [-0.3, -0.25) is 4.79 Å². The summed E-state index contributed by atoms with van der Waals surface area (Å²) in [6.45, 7) is 9.04. The number of hydrogen-bond acceptors (Lipinski definition) is 7. The lowest BCUT2D eigenvalue weighted by molar-refractivity contribution is -0.145. The Morgan fingerprint density at radius 2 is 1.46 bits per heavy atom. The molecule has 0 amide bonds. The van der Waals surface area contributed by atoms with Crippen LogP contribution in [0.2, 0.25) is 0 Å². The zero-order valence-corrected chi connectivity index (χ0v) is 17.9. The summed E-state index contributed by atoms with van der Waals surface area (Å²) in [6, 6.07) is 7.15. The number of esters is 2. The van der Waals surface area contributed by atoms with Gasteiger partial charge in [0.2, 0.25) is 0 Å². The molecule has 0 saturated carbocycles. The van der Waals surface area contributed by atoms with Crippen molar-refractivity contribution >= 4 is 17.6 Å². The van der Waals surface area contributed by atoms with E-state index in [-0.39, 0.29) is 19.2 Å². The molecule has 0 radical (unpaired) electrons. The number of carbonyl (C=O) groups is 2. The van der Waals surface area contributed by atoms with Crippen molar-refractivity contribution in [3.63, 3.8) is 0 Å². The Morgan fingerprint density at radius 3 is 2.04 bits per heavy atom. The third kappa shape index (κ3) is 9.19. The molecule has 0 aromatic heterocycles. The molecule has 1 aromatic carbocycles. The van der Waals surface area contributed by atoms with Crippen LogP contribution in [0.3, 0.4) is 0 Å². The van der Waals surface area contributed by atoms with Gasteiger partial charge in [-0.2, -0.15) is 0 Å². The molecule has 0 bridgehead atoms. The van der Waals surface area contributed by atoms with Gasteiger partial charge in [0.25, 0.3) is 0 Å². The van der Waals surface area contributed by atoms with Gasteiger partial charge in [0.15, 0.2) is 0 Å². The van der Waals surface area contributed by atoms with Crippen LogP contribution in [-0.4, -0.2) is 88.8 Å². The van der Waals surface area contributed by atoms with Crippen molar-refractivity contribution in [3.05, 3.63) is 29.8 Å². The maximum absolute atomic E-state index is 12.0. The molecule has 0 heterocycles. The number of rotatable bonds is 13. The third-order valence-electron chi connectivity index (χ3n) is 4.59. The smallest absolute Gasteiger partial charge is 0.338 e. The Bertz CT molecular complexity index is 586. The van der Waals surface area contributed by atoms with Crippen LogP contribution < -0.4 is 4.90 Å². The van der Waals surface area contributed by atoms with Crippen LogP contribution in [-0.2, 0) is 14.3 Å². The van der Waals surface area contributed by atoms with E-state index < -0.39 is 5.97 Å². The lowest BCUT2D eigenvalue weighted by Gasteiger charge is -2.22. The number of anilines is 1. The quantitative estimate of drug-likeness (QED) is 0.376. The third-order valence-corrected chi connectivity index (χ3v) is 4.59. The first-order chi connectivity index (χ1) is 13.4. The van der Waals surface area contributed by atoms with E-state index in [0.717, 1.165) is 31.9 Å². The van der Waals surface area contributed by atoms with Gasteiger partial charge in [-0.25, -0.2) is 4.79 Å². The van der Waals surface area contributed by atoms with E-state index in [1.54, 1.807) is 12.1 Å². The normalized spacial score (nSPS) is 11.0. The van der Waals surface area contributed by atoms with Crippen molar-refractivity contribution in [1.29, 1.82) is 0 Å². The summed E-state index contributed by atoms with van der Waals surface area (Å²) < 4.78 is 10.3. The second-order valence-corrected chi connectivity index (χ2v) is 6.88. The van der Waals surface area contributed by atoms with Crippen molar-refractivity contribution in [2.45, 2.75) is 20.3 Å². The summed E-state index contributed by atoms with van der Waals surface area (Å²) in [5, 5.41) is 0. The molecule has 0 fully saturated rings. The van der Waals surface area contributed by atoms with E-state index in [2.05, 4.69) is 23.6 Å². The molecular weight excluding hydrogens is 358 g/mol. The van der Waals surface area contributed by atoms with E-state index in [1.165, 1.54) is 0 Å². The highest BCUT2D eigenvalue weighted by molar-refractivity contribution is 5.89. The highest BCUT2D eigenvalue weighted by atomic mass is 16.6. The minimum absolute atomic E-state index is 0.0534. The molecular formula is C21H35N3O4. The second-order valence-electron chi connectivity index (χ2n) is 6.88. The predicted molar refractivity (Wildman–Crippen MR) is 112 cm³/mol. The van der Waals surface area contributed by atoms with Gasteiger partial charge in [0.05, 0.1) is 12.0 Å². The average molecular weight is 394 g/mol. The zero-order chi connectivity index (χ0) is 20.9. The molecule has 0 saturated heterocycles. The van der Waals surface area contributed by atoms with E-state index in [1.807, 2.05) is 38.2 Å². The highest BCUT2D eigenvalue weighted by Gasteiger charge is 2.10. The van der Waals surface area contributed by atoms with Crippen LogP contribution in [0.4, 0.5) is 5.69 Å². The number of carbonyl (C=O) groups excluding carboxylic acids is 2. The first-order valence-corrected chi connectivity index (χ1v) is 9.88. The maximum Gasteiger partial charge on any atom is 0.338 e. The molecule has 0 N–H and O–H groups in total. The van der Waals surface area contributed by atoms with Crippen LogP contribution in [0.25, 0.3) is 0 Å². The van der Waals surface area contributed by atoms with Gasteiger partial charge in [-0.15, -0.1) is 0 Å². The van der Waals surface area contributed by atoms with Crippen molar-refractivity contribution in [2.24, 2.45) is 0 Å². The van der Waals surface area contributed by atoms with Crippen LogP contribution in [0.15, 0.2) is 24.3 Å². The lowest BCUT2D eigenvalue weighted by atomic mass is 10.2. The molecule has 0 spiro atoms. The summed E-state index contributed by atoms with van der Waals surface area (Å²) >= 11 is 0. The summed E-state index contributed by atoms with van der Waals surface area (Å²) in [6.07, 6.45) is 0.328. The fraction of sp³-hybridized carbons (Fsp3) is 0.619. The molecule has 28 heavy (non-hydrogen) atoms. The Labute approximate surface area is 169 Å². The van der Waals surface area contributed by atoms with E-state index in [4.69, 9.17) is 9.47 Å². The number of hydrogen-bond donors (Lipinski definition) is 0. The Morgan fingerprint density at radius 1 is 0.857 bits per heavy atom. The standard InChI is InChI=1S/C21H35N3O4/c1-6-24(7-2)15-14-23(5)13-12-20(25)27-16-17-28-21(26)18-8-10-19(11-9-18)22(3)4/h8-11H,6-7,12-17H2,1-5H3. The molecule has 0 aliphatic heterocycles. The number of nitrogens with zero attached hydrogens (tertiary/aromatic N) is 3. The SMILES string of the molecule is CCN(CC)CCN(C)CCC(=O)OCCOC(=O)c1ccc(N(C)C)cc1.